The van der Waals surface area contributed by atoms with E-state index in [1.807, 2.05) is 36.9 Å². The molecule has 0 aromatic heterocycles. The van der Waals surface area contributed by atoms with Gasteiger partial charge >= 0.3 is 0 Å². The van der Waals surface area contributed by atoms with Crippen LogP contribution in [0, 0.1) is 0 Å². The molecule has 152 valence electrons. The van der Waals surface area contributed by atoms with Crippen LogP contribution in [0.4, 0.5) is 0 Å². The van der Waals surface area contributed by atoms with Gasteiger partial charge in [0.25, 0.3) is 0 Å². The van der Waals surface area contributed by atoms with Crippen LogP contribution in [0.25, 0.3) is 0 Å². The molecule has 8 heteroatoms. The molecule has 1 aliphatic rings. The topological polar surface area (TPSA) is 75.2 Å². The van der Waals surface area contributed by atoms with Gasteiger partial charge in [-0.2, -0.15) is 0 Å². The summed E-state index contributed by atoms with van der Waals surface area (Å²) in [7, 11) is 3.39. The molecule has 0 aliphatic carbocycles. The Kier molecular flexibility index (Phi) is 10.3. The number of amides is 1. The second kappa shape index (κ2) is 11.9. The van der Waals surface area contributed by atoms with Gasteiger partial charge in [0.2, 0.25) is 5.91 Å². The Hall–Kier alpha value is -1.71. The minimum Gasteiger partial charge on any atom is -0.493 e. The van der Waals surface area contributed by atoms with Crippen molar-refractivity contribution in [1.29, 1.82) is 0 Å². The van der Waals surface area contributed by atoms with Crippen molar-refractivity contribution in [2.75, 3.05) is 33.9 Å². The van der Waals surface area contributed by atoms with Crippen molar-refractivity contribution in [3.05, 3.63) is 23.8 Å². The largest absolute Gasteiger partial charge is 0.493 e. The lowest BCUT2D eigenvalue weighted by Crippen LogP contribution is -2.44. The highest BCUT2D eigenvalue weighted by Gasteiger charge is 2.25. The minimum absolute atomic E-state index is 0. The summed E-state index contributed by atoms with van der Waals surface area (Å²) in [4.78, 5) is 18.0. The van der Waals surface area contributed by atoms with Gasteiger partial charge in [0.05, 0.1) is 13.7 Å². The molecule has 1 unspecified atom stereocenters. The Morgan fingerprint density at radius 1 is 1.33 bits per heavy atom. The van der Waals surface area contributed by atoms with Gasteiger partial charge in [-0.15, -0.1) is 24.0 Å². The molecule has 27 heavy (non-hydrogen) atoms. The average molecular weight is 490 g/mol. The van der Waals surface area contributed by atoms with Gasteiger partial charge in [0, 0.05) is 39.1 Å². The molecule has 1 aromatic carbocycles. The molecule has 1 amide bonds. The molecule has 0 radical (unpaired) electrons. The number of guanidine groups is 1. The number of nitrogens with one attached hydrogen (secondary N) is 2. The highest BCUT2D eigenvalue weighted by Crippen LogP contribution is 2.27. The maximum absolute atomic E-state index is 11.8. The van der Waals surface area contributed by atoms with Crippen LogP contribution in [0.3, 0.4) is 0 Å². The Morgan fingerprint density at radius 2 is 2.11 bits per heavy atom. The third-order valence-corrected chi connectivity index (χ3v) is 4.40. The van der Waals surface area contributed by atoms with E-state index in [2.05, 4.69) is 15.6 Å². The standard InChI is InChI=1S/C19H30N4O3.HI/c1-5-18(24)23-10-9-15(13-23)22-19(20-3)21-12-14-7-8-16(26-6-2)17(11-14)25-4;/h7-8,11,15H,5-6,9-10,12-13H2,1-4H3,(H2,20,21,22);1H. The number of carbonyl (C=O) groups excluding carboxylic acids is 1. The van der Waals surface area contributed by atoms with E-state index in [0.29, 0.717) is 19.6 Å². The van der Waals surface area contributed by atoms with Gasteiger partial charge in [0.1, 0.15) is 0 Å². The SMILES string of the molecule is CCOc1ccc(CNC(=NC)NC2CCN(C(=O)CC)C2)cc1OC.I. The Labute approximate surface area is 178 Å². The molecule has 1 atom stereocenters. The molecule has 1 aromatic rings. The fourth-order valence-corrected chi connectivity index (χ4v) is 3.00. The number of hydrogen-bond acceptors (Lipinski definition) is 4. The molecule has 7 nitrogen and oxygen atoms in total. The van der Waals surface area contributed by atoms with E-state index >= 15 is 0 Å². The predicted octanol–water partition coefficient (Wildman–Crippen LogP) is 2.39. The van der Waals surface area contributed by atoms with Crippen molar-refractivity contribution < 1.29 is 14.3 Å². The maximum atomic E-state index is 11.8. The number of carbonyl (C=O) groups is 1. The third kappa shape index (κ3) is 6.75. The fraction of sp³-hybridized carbons (Fsp3) is 0.579. The first-order valence-corrected chi connectivity index (χ1v) is 9.15. The molecule has 1 heterocycles. The van der Waals surface area contributed by atoms with Crippen LogP contribution in [0.5, 0.6) is 11.5 Å². The van der Waals surface area contributed by atoms with E-state index < -0.39 is 0 Å². The molecule has 0 spiro atoms. The smallest absolute Gasteiger partial charge is 0.222 e. The summed E-state index contributed by atoms with van der Waals surface area (Å²) < 4.78 is 10.9. The quantitative estimate of drug-likeness (QED) is 0.349. The van der Waals surface area contributed by atoms with E-state index in [1.165, 1.54) is 0 Å². The van der Waals surface area contributed by atoms with Crippen molar-refractivity contribution in [3.8, 4) is 11.5 Å². The van der Waals surface area contributed by atoms with Gasteiger partial charge < -0.3 is 25.0 Å². The summed E-state index contributed by atoms with van der Waals surface area (Å²) in [6.07, 6.45) is 1.49. The lowest BCUT2D eigenvalue weighted by atomic mass is 10.2. The zero-order chi connectivity index (χ0) is 18.9. The van der Waals surface area contributed by atoms with Crippen LogP contribution in [-0.2, 0) is 11.3 Å². The average Bonchev–Trinajstić information content (AvgIpc) is 3.14. The molecular weight excluding hydrogens is 459 g/mol. The maximum Gasteiger partial charge on any atom is 0.222 e. The van der Waals surface area contributed by atoms with Crippen molar-refractivity contribution in [2.24, 2.45) is 4.99 Å². The third-order valence-electron chi connectivity index (χ3n) is 4.40. The van der Waals surface area contributed by atoms with E-state index in [-0.39, 0.29) is 35.9 Å². The van der Waals surface area contributed by atoms with Crippen LogP contribution in [0.2, 0.25) is 0 Å². The van der Waals surface area contributed by atoms with Crippen molar-refractivity contribution in [3.63, 3.8) is 0 Å². The minimum atomic E-state index is 0. The van der Waals surface area contributed by atoms with E-state index in [1.54, 1.807) is 14.2 Å². The summed E-state index contributed by atoms with van der Waals surface area (Å²) >= 11 is 0. The molecule has 2 rings (SSSR count). The van der Waals surface area contributed by atoms with Crippen LogP contribution in [0.15, 0.2) is 23.2 Å². The Bertz CT molecular complexity index is 639. The number of benzene rings is 1. The highest BCUT2D eigenvalue weighted by atomic mass is 127. The number of halogens is 1. The van der Waals surface area contributed by atoms with Gasteiger partial charge in [-0.1, -0.05) is 13.0 Å². The van der Waals surface area contributed by atoms with E-state index in [0.717, 1.165) is 42.5 Å². The monoisotopic (exact) mass is 490 g/mol. The molecule has 1 fully saturated rings. The van der Waals surface area contributed by atoms with E-state index in [4.69, 9.17) is 9.47 Å². The number of likely N-dealkylation sites (tertiary alicyclic amines) is 1. The Morgan fingerprint density at radius 3 is 2.74 bits per heavy atom. The first-order valence-electron chi connectivity index (χ1n) is 9.15. The number of methoxy groups -OCH3 is 1. The van der Waals surface area contributed by atoms with Crippen molar-refractivity contribution in [2.45, 2.75) is 39.3 Å². The lowest BCUT2D eigenvalue weighted by Gasteiger charge is -2.19. The molecule has 0 bridgehead atoms. The second-order valence-electron chi connectivity index (χ2n) is 6.17. The van der Waals surface area contributed by atoms with Crippen molar-refractivity contribution in [1.82, 2.24) is 15.5 Å². The summed E-state index contributed by atoms with van der Waals surface area (Å²) in [5.74, 6) is 2.40. The first kappa shape index (κ1) is 23.3. The molecule has 1 aliphatic heterocycles. The summed E-state index contributed by atoms with van der Waals surface area (Å²) in [6.45, 7) is 6.59. The number of nitrogens with zero attached hydrogens (tertiary/aromatic N) is 2. The molecular formula is C19H31IN4O3. The second-order valence-corrected chi connectivity index (χ2v) is 6.17. The van der Waals surface area contributed by atoms with Gasteiger partial charge in [-0.25, -0.2) is 0 Å². The van der Waals surface area contributed by atoms with Gasteiger partial charge in [-0.05, 0) is 31.0 Å². The fourth-order valence-electron chi connectivity index (χ4n) is 3.00. The number of rotatable bonds is 7. The first-order chi connectivity index (χ1) is 12.6. The normalized spacial score (nSPS) is 16.5. The van der Waals surface area contributed by atoms with Crippen LogP contribution in [0.1, 0.15) is 32.3 Å². The number of aliphatic imine (C=N–C) groups is 1. The van der Waals surface area contributed by atoms with Gasteiger partial charge in [-0.3, -0.25) is 9.79 Å². The van der Waals surface area contributed by atoms with E-state index in [9.17, 15) is 4.79 Å². The molecule has 2 N–H and O–H groups in total. The zero-order valence-corrected chi connectivity index (χ0v) is 18.9. The van der Waals surface area contributed by atoms with Crippen LogP contribution in [-0.4, -0.2) is 56.7 Å². The summed E-state index contributed by atoms with van der Waals surface area (Å²) in [5, 5.41) is 6.71. The summed E-state index contributed by atoms with van der Waals surface area (Å²) in [6, 6.07) is 6.11. The lowest BCUT2D eigenvalue weighted by molar-refractivity contribution is -0.129. The molecule has 0 saturated carbocycles. The number of ether oxygens (including phenoxy) is 2. The number of hydrogen-bond donors (Lipinski definition) is 2. The summed E-state index contributed by atoms with van der Waals surface area (Å²) in [5.41, 5.74) is 1.07. The Balaban J connectivity index is 0.00000364. The van der Waals surface area contributed by atoms with Crippen molar-refractivity contribution >= 4 is 35.8 Å². The molecule has 1 saturated heterocycles. The predicted molar refractivity (Wildman–Crippen MR) is 118 cm³/mol. The highest BCUT2D eigenvalue weighted by molar-refractivity contribution is 14.0. The van der Waals surface area contributed by atoms with Crippen LogP contribution >= 0.6 is 24.0 Å². The van der Waals surface area contributed by atoms with Crippen LogP contribution < -0.4 is 20.1 Å². The van der Waals surface area contributed by atoms with Gasteiger partial charge in [0.15, 0.2) is 17.5 Å². The zero-order valence-electron chi connectivity index (χ0n) is 16.6.